The number of carbonyl (C=O) groups is 2. The fraction of sp³-hybridized carbons (Fsp3) is 0.278. The van der Waals surface area contributed by atoms with Crippen molar-refractivity contribution in [2.75, 3.05) is 18.4 Å². The van der Waals surface area contributed by atoms with Crippen LogP contribution in [0, 0.1) is 5.82 Å². The first-order valence-electron chi connectivity index (χ1n) is 7.95. The predicted molar refractivity (Wildman–Crippen MR) is 88.3 cm³/mol. The molecule has 5 nitrogen and oxygen atoms in total. The van der Waals surface area contributed by atoms with Crippen LogP contribution < -0.4 is 5.32 Å². The topological polar surface area (TPSA) is 62.3 Å². The van der Waals surface area contributed by atoms with Gasteiger partial charge < -0.3 is 10.2 Å². The summed E-state index contributed by atoms with van der Waals surface area (Å²) in [6.45, 7) is 1.45. The van der Waals surface area contributed by atoms with Crippen LogP contribution in [0.15, 0.2) is 42.7 Å². The quantitative estimate of drug-likeness (QED) is 0.942. The minimum absolute atomic E-state index is 0.0928. The lowest BCUT2D eigenvalue weighted by Crippen LogP contribution is -2.35. The number of rotatable bonds is 3. The summed E-state index contributed by atoms with van der Waals surface area (Å²) in [5.74, 6) is -1.14. The molecule has 1 N–H and O–H groups in total. The van der Waals surface area contributed by atoms with E-state index in [9.17, 15) is 14.0 Å². The van der Waals surface area contributed by atoms with Crippen LogP contribution in [0.5, 0.6) is 0 Å². The third-order valence-corrected chi connectivity index (χ3v) is 4.01. The van der Waals surface area contributed by atoms with Gasteiger partial charge in [0.05, 0.1) is 16.8 Å². The number of halogens is 1. The molecule has 2 amide bonds. The molecular formula is C18H18FN3O2. The lowest BCUT2D eigenvalue weighted by Gasteiger charge is -2.26. The van der Waals surface area contributed by atoms with E-state index in [4.69, 9.17) is 0 Å². The van der Waals surface area contributed by atoms with E-state index in [0.717, 1.165) is 32.4 Å². The summed E-state index contributed by atoms with van der Waals surface area (Å²) in [5.41, 5.74) is 0.689. The Labute approximate surface area is 139 Å². The summed E-state index contributed by atoms with van der Waals surface area (Å²) in [4.78, 5) is 30.5. The van der Waals surface area contributed by atoms with Gasteiger partial charge in [-0.05, 0) is 37.5 Å². The molecule has 0 unspecified atom stereocenters. The lowest BCUT2D eigenvalue weighted by atomic mass is 10.1. The van der Waals surface area contributed by atoms with E-state index in [1.165, 1.54) is 30.6 Å². The fourth-order valence-electron chi connectivity index (χ4n) is 2.72. The maximum absolute atomic E-state index is 13.6. The minimum Gasteiger partial charge on any atom is -0.339 e. The first-order valence-corrected chi connectivity index (χ1v) is 7.95. The first-order chi connectivity index (χ1) is 11.6. The monoisotopic (exact) mass is 327 g/mol. The van der Waals surface area contributed by atoms with Crippen molar-refractivity contribution in [2.45, 2.75) is 19.3 Å². The van der Waals surface area contributed by atoms with Crippen LogP contribution in [0.25, 0.3) is 0 Å². The van der Waals surface area contributed by atoms with Crippen LogP contribution in [-0.2, 0) is 0 Å². The molecule has 1 saturated heterocycles. The average molecular weight is 327 g/mol. The highest BCUT2D eigenvalue weighted by Crippen LogP contribution is 2.16. The third kappa shape index (κ3) is 3.59. The maximum Gasteiger partial charge on any atom is 0.257 e. The number of benzene rings is 1. The zero-order valence-corrected chi connectivity index (χ0v) is 13.2. The highest BCUT2D eigenvalue weighted by molar-refractivity contribution is 6.05. The number of pyridine rings is 1. The van der Waals surface area contributed by atoms with Crippen molar-refractivity contribution >= 4 is 17.5 Å². The summed E-state index contributed by atoms with van der Waals surface area (Å²) in [6.07, 6.45) is 5.94. The Kier molecular flexibility index (Phi) is 4.84. The molecule has 0 bridgehead atoms. The fourth-order valence-corrected chi connectivity index (χ4v) is 2.72. The molecule has 6 heteroatoms. The van der Waals surface area contributed by atoms with E-state index >= 15 is 0 Å². The van der Waals surface area contributed by atoms with Gasteiger partial charge in [-0.3, -0.25) is 14.6 Å². The Morgan fingerprint density at radius 1 is 1.04 bits per heavy atom. The summed E-state index contributed by atoms with van der Waals surface area (Å²) >= 11 is 0. The van der Waals surface area contributed by atoms with Crippen molar-refractivity contribution in [2.24, 2.45) is 0 Å². The number of carbonyl (C=O) groups excluding carboxylic acids is 2. The molecule has 124 valence electrons. The molecule has 0 atom stereocenters. The summed E-state index contributed by atoms with van der Waals surface area (Å²) in [5, 5.41) is 2.49. The third-order valence-electron chi connectivity index (χ3n) is 4.01. The molecular weight excluding hydrogens is 309 g/mol. The molecule has 1 fully saturated rings. The van der Waals surface area contributed by atoms with Crippen LogP contribution in [0.3, 0.4) is 0 Å². The number of aromatic nitrogens is 1. The van der Waals surface area contributed by atoms with Gasteiger partial charge in [0.1, 0.15) is 5.82 Å². The second kappa shape index (κ2) is 7.21. The highest BCUT2D eigenvalue weighted by Gasteiger charge is 2.19. The van der Waals surface area contributed by atoms with Crippen molar-refractivity contribution in [3.8, 4) is 0 Å². The standard InChI is InChI=1S/C18H18FN3O2/c19-15-6-2-3-7-16(15)21-17(23)13-10-14(12-20-11-13)18(24)22-8-4-1-5-9-22/h2-3,6-7,10-12H,1,4-5,8-9H2,(H,21,23). The Morgan fingerprint density at radius 2 is 1.75 bits per heavy atom. The lowest BCUT2D eigenvalue weighted by molar-refractivity contribution is 0.0724. The molecule has 0 saturated carbocycles. The molecule has 0 radical (unpaired) electrons. The number of nitrogens with zero attached hydrogens (tertiary/aromatic N) is 2. The van der Waals surface area contributed by atoms with Gasteiger partial charge in [-0.1, -0.05) is 12.1 Å². The first kappa shape index (κ1) is 16.1. The van der Waals surface area contributed by atoms with Crippen molar-refractivity contribution in [1.82, 2.24) is 9.88 Å². The van der Waals surface area contributed by atoms with Crippen LogP contribution in [0.2, 0.25) is 0 Å². The van der Waals surface area contributed by atoms with E-state index in [2.05, 4.69) is 10.3 Å². The molecule has 0 aliphatic carbocycles. The molecule has 1 aromatic carbocycles. The molecule has 2 heterocycles. The zero-order valence-electron chi connectivity index (χ0n) is 13.2. The Bertz CT molecular complexity index is 757. The number of likely N-dealkylation sites (tertiary alicyclic amines) is 1. The van der Waals surface area contributed by atoms with E-state index < -0.39 is 11.7 Å². The van der Waals surface area contributed by atoms with Crippen molar-refractivity contribution < 1.29 is 14.0 Å². The number of nitrogens with one attached hydrogen (secondary N) is 1. The number of piperidine rings is 1. The molecule has 1 aliphatic rings. The second-order valence-electron chi connectivity index (χ2n) is 5.75. The van der Waals surface area contributed by atoms with Crippen LogP contribution in [-0.4, -0.2) is 34.8 Å². The van der Waals surface area contributed by atoms with E-state index in [-0.39, 0.29) is 17.2 Å². The largest absolute Gasteiger partial charge is 0.339 e. The number of hydrogen-bond donors (Lipinski definition) is 1. The molecule has 3 rings (SSSR count). The van der Waals surface area contributed by atoms with Crippen LogP contribution in [0.4, 0.5) is 10.1 Å². The smallest absolute Gasteiger partial charge is 0.257 e. The molecule has 24 heavy (non-hydrogen) atoms. The Hall–Kier alpha value is -2.76. The van der Waals surface area contributed by atoms with E-state index in [1.807, 2.05) is 0 Å². The normalized spacial score (nSPS) is 14.3. The van der Waals surface area contributed by atoms with Gasteiger partial charge in [-0.2, -0.15) is 0 Å². The van der Waals surface area contributed by atoms with E-state index in [1.54, 1.807) is 17.0 Å². The molecule has 1 aliphatic heterocycles. The summed E-state index contributed by atoms with van der Waals surface area (Å²) in [7, 11) is 0. The van der Waals surface area contributed by atoms with Gasteiger partial charge in [-0.15, -0.1) is 0 Å². The van der Waals surface area contributed by atoms with Gasteiger partial charge in [0.2, 0.25) is 0 Å². The number of para-hydroxylation sites is 1. The summed E-state index contributed by atoms with van der Waals surface area (Å²) in [6, 6.07) is 7.42. The SMILES string of the molecule is O=C(Nc1ccccc1F)c1cncc(C(=O)N2CCCCC2)c1. The summed E-state index contributed by atoms with van der Waals surface area (Å²) < 4.78 is 13.6. The minimum atomic E-state index is -0.514. The predicted octanol–water partition coefficient (Wildman–Crippen LogP) is 3.10. The van der Waals surface area contributed by atoms with Crippen molar-refractivity contribution in [3.63, 3.8) is 0 Å². The van der Waals surface area contributed by atoms with Crippen LogP contribution in [0.1, 0.15) is 40.0 Å². The van der Waals surface area contributed by atoms with Gasteiger partial charge >= 0.3 is 0 Å². The van der Waals surface area contributed by atoms with E-state index in [0.29, 0.717) is 5.56 Å². The second-order valence-corrected chi connectivity index (χ2v) is 5.75. The zero-order chi connectivity index (χ0) is 16.9. The average Bonchev–Trinajstić information content (AvgIpc) is 2.64. The van der Waals surface area contributed by atoms with Gasteiger partial charge in [0.25, 0.3) is 11.8 Å². The van der Waals surface area contributed by atoms with Gasteiger partial charge in [0, 0.05) is 25.5 Å². The molecule has 2 aromatic rings. The molecule has 0 spiro atoms. The highest BCUT2D eigenvalue weighted by atomic mass is 19.1. The molecule has 1 aromatic heterocycles. The number of anilines is 1. The van der Waals surface area contributed by atoms with Crippen molar-refractivity contribution in [1.29, 1.82) is 0 Å². The Balaban J connectivity index is 1.76. The maximum atomic E-state index is 13.6. The van der Waals surface area contributed by atoms with Gasteiger partial charge in [-0.25, -0.2) is 4.39 Å². The number of amides is 2. The number of hydrogen-bond acceptors (Lipinski definition) is 3. The van der Waals surface area contributed by atoms with Crippen LogP contribution >= 0.6 is 0 Å². The van der Waals surface area contributed by atoms with Crippen molar-refractivity contribution in [3.05, 3.63) is 59.7 Å². The Morgan fingerprint density at radius 3 is 2.50 bits per heavy atom. The van der Waals surface area contributed by atoms with Gasteiger partial charge in [0.15, 0.2) is 0 Å².